The number of nitrogens with zero attached hydrogens (tertiary/aromatic N) is 2. The standard InChI is InChI=1S/C18H21Cl3N2S2/c1-2-14-11-24-18(25-14,4-3-6-23-7-5-22-12-23)10-15-16(20)8-13(19)9-17(15)21/h5,7-9,12,14H,2-4,6,10-11H2,1H3. The number of halogens is 3. The lowest BCUT2D eigenvalue weighted by Gasteiger charge is -2.29. The van der Waals surface area contributed by atoms with Crippen LogP contribution in [-0.4, -0.2) is 24.6 Å². The van der Waals surface area contributed by atoms with Gasteiger partial charge in [-0.1, -0.05) is 41.7 Å². The molecule has 2 nitrogen and oxygen atoms in total. The fraction of sp³-hybridized carbons (Fsp3) is 0.500. The van der Waals surface area contributed by atoms with E-state index < -0.39 is 0 Å². The summed E-state index contributed by atoms with van der Waals surface area (Å²) in [5.41, 5.74) is 1.02. The van der Waals surface area contributed by atoms with E-state index in [-0.39, 0.29) is 4.08 Å². The van der Waals surface area contributed by atoms with Gasteiger partial charge in [0.2, 0.25) is 0 Å². The molecule has 0 N–H and O–H groups in total. The first-order valence-electron chi connectivity index (χ1n) is 8.42. The molecule has 2 aromatic rings. The number of benzene rings is 1. The summed E-state index contributed by atoms with van der Waals surface area (Å²) in [5, 5.41) is 2.63. The van der Waals surface area contributed by atoms with Crippen molar-refractivity contribution in [2.45, 2.75) is 48.5 Å². The summed E-state index contributed by atoms with van der Waals surface area (Å²) in [4.78, 5) is 4.12. The average molecular weight is 436 g/mol. The Labute approximate surface area is 173 Å². The van der Waals surface area contributed by atoms with Crippen LogP contribution in [-0.2, 0) is 13.0 Å². The highest BCUT2D eigenvalue weighted by Gasteiger charge is 2.40. The Balaban J connectivity index is 1.75. The lowest BCUT2D eigenvalue weighted by atomic mass is 10.1. The van der Waals surface area contributed by atoms with Gasteiger partial charge in [-0.3, -0.25) is 0 Å². The van der Waals surface area contributed by atoms with Crippen LogP contribution in [0.4, 0.5) is 0 Å². The molecular weight excluding hydrogens is 415 g/mol. The van der Waals surface area contributed by atoms with Gasteiger partial charge in [0.25, 0.3) is 0 Å². The zero-order valence-corrected chi connectivity index (χ0v) is 18.0. The number of rotatable bonds is 7. The van der Waals surface area contributed by atoms with E-state index >= 15 is 0 Å². The molecular formula is C18H21Cl3N2S2. The molecule has 2 atom stereocenters. The predicted octanol–water partition coefficient (Wildman–Crippen LogP) is 6.82. The maximum atomic E-state index is 6.46. The van der Waals surface area contributed by atoms with E-state index in [1.165, 1.54) is 12.2 Å². The van der Waals surface area contributed by atoms with Gasteiger partial charge in [-0.2, -0.15) is 0 Å². The van der Waals surface area contributed by atoms with Crippen molar-refractivity contribution in [3.63, 3.8) is 0 Å². The van der Waals surface area contributed by atoms with Crippen molar-refractivity contribution in [1.29, 1.82) is 0 Å². The molecule has 7 heteroatoms. The molecule has 25 heavy (non-hydrogen) atoms. The highest BCUT2D eigenvalue weighted by molar-refractivity contribution is 8.21. The Morgan fingerprint density at radius 3 is 2.64 bits per heavy atom. The molecule has 0 aliphatic carbocycles. The Morgan fingerprint density at radius 1 is 1.28 bits per heavy atom. The van der Waals surface area contributed by atoms with Crippen molar-refractivity contribution in [3.05, 3.63) is 51.5 Å². The van der Waals surface area contributed by atoms with Gasteiger partial charge in [0, 0.05) is 45.0 Å². The topological polar surface area (TPSA) is 17.8 Å². The van der Waals surface area contributed by atoms with E-state index in [1.54, 1.807) is 12.1 Å². The summed E-state index contributed by atoms with van der Waals surface area (Å²) in [5.74, 6) is 1.19. The van der Waals surface area contributed by atoms with Gasteiger partial charge < -0.3 is 4.57 Å². The van der Waals surface area contributed by atoms with Gasteiger partial charge in [0.15, 0.2) is 0 Å². The second kappa shape index (κ2) is 8.79. The molecule has 1 aliphatic heterocycles. The maximum Gasteiger partial charge on any atom is 0.0945 e. The molecule has 1 fully saturated rings. The van der Waals surface area contributed by atoms with Crippen molar-refractivity contribution in [1.82, 2.24) is 9.55 Å². The van der Waals surface area contributed by atoms with E-state index in [2.05, 4.69) is 40.0 Å². The van der Waals surface area contributed by atoms with Crippen LogP contribution in [0.5, 0.6) is 0 Å². The average Bonchev–Trinajstić information content (AvgIpc) is 3.21. The molecule has 0 bridgehead atoms. The van der Waals surface area contributed by atoms with Gasteiger partial charge in [0.05, 0.1) is 10.4 Å². The summed E-state index contributed by atoms with van der Waals surface area (Å²) in [6.45, 7) is 3.25. The lowest BCUT2D eigenvalue weighted by Crippen LogP contribution is -2.22. The van der Waals surface area contributed by atoms with Crippen LogP contribution in [0.3, 0.4) is 0 Å². The highest BCUT2D eigenvalue weighted by atomic mass is 35.5. The highest BCUT2D eigenvalue weighted by Crippen LogP contribution is 2.54. The fourth-order valence-electron chi connectivity index (χ4n) is 3.09. The fourth-order valence-corrected chi connectivity index (χ4v) is 7.93. The SMILES string of the molecule is CCC1CSC(CCCn2ccnc2)(Cc2c(Cl)cc(Cl)cc2Cl)S1. The molecule has 0 saturated carbocycles. The van der Waals surface area contributed by atoms with Crippen LogP contribution >= 0.6 is 58.3 Å². The van der Waals surface area contributed by atoms with Crippen molar-refractivity contribution in [2.75, 3.05) is 5.75 Å². The largest absolute Gasteiger partial charge is 0.337 e. The van der Waals surface area contributed by atoms with E-state index in [0.717, 1.165) is 31.4 Å². The first kappa shape index (κ1) is 19.8. The van der Waals surface area contributed by atoms with Gasteiger partial charge in [-0.25, -0.2) is 4.98 Å². The molecule has 0 radical (unpaired) electrons. The van der Waals surface area contributed by atoms with Crippen LogP contribution in [0.1, 0.15) is 31.7 Å². The molecule has 1 aromatic heterocycles. The third-order valence-electron chi connectivity index (χ3n) is 4.45. The van der Waals surface area contributed by atoms with Crippen molar-refractivity contribution >= 4 is 58.3 Å². The van der Waals surface area contributed by atoms with Crippen molar-refractivity contribution in [3.8, 4) is 0 Å². The minimum Gasteiger partial charge on any atom is -0.337 e. The molecule has 2 heterocycles. The smallest absolute Gasteiger partial charge is 0.0945 e. The number of hydrogen-bond donors (Lipinski definition) is 0. The van der Waals surface area contributed by atoms with Gasteiger partial charge >= 0.3 is 0 Å². The molecule has 136 valence electrons. The number of aryl methyl sites for hydroxylation is 1. The van der Waals surface area contributed by atoms with Crippen LogP contribution in [0.25, 0.3) is 0 Å². The summed E-state index contributed by atoms with van der Waals surface area (Å²) in [6, 6.07) is 3.59. The second-order valence-corrected chi connectivity index (χ2v) is 10.9. The quantitative estimate of drug-likeness (QED) is 0.475. The third-order valence-corrected chi connectivity index (χ3v) is 9.26. The van der Waals surface area contributed by atoms with Crippen LogP contribution in [0.15, 0.2) is 30.9 Å². The molecule has 1 aliphatic rings. The lowest BCUT2D eigenvalue weighted by molar-refractivity contribution is 0.578. The van der Waals surface area contributed by atoms with E-state index in [4.69, 9.17) is 34.8 Å². The molecule has 2 unspecified atom stereocenters. The molecule has 0 amide bonds. The number of imidazole rings is 1. The van der Waals surface area contributed by atoms with Gasteiger partial charge in [0.1, 0.15) is 0 Å². The molecule has 1 aromatic carbocycles. The van der Waals surface area contributed by atoms with Crippen molar-refractivity contribution in [2.24, 2.45) is 0 Å². The number of aromatic nitrogens is 2. The van der Waals surface area contributed by atoms with Crippen molar-refractivity contribution < 1.29 is 0 Å². The normalized spacial score (nSPS) is 23.3. The molecule has 1 saturated heterocycles. The van der Waals surface area contributed by atoms with Gasteiger partial charge in [-0.15, -0.1) is 23.5 Å². The summed E-state index contributed by atoms with van der Waals surface area (Å²) >= 11 is 23.2. The minimum atomic E-state index is 0.127. The monoisotopic (exact) mass is 434 g/mol. The maximum absolute atomic E-state index is 6.46. The van der Waals surface area contributed by atoms with E-state index in [9.17, 15) is 0 Å². The zero-order chi connectivity index (χ0) is 17.9. The summed E-state index contributed by atoms with van der Waals surface area (Å²) in [7, 11) is 0. The number of hydrogen-bond acceptors (Lipinski definition) is 3. The Kier molecular flexibility index (Phi) is 6.95. The predicted molar refractivity (Wildman–Crippen MR) is 113 cm³/mol. The van der Waals surface area contributed by atoms with Crippen LogP contribution < -0.4 is 0 Å². The molecule has 3 rings (SSSR count). The zero-order valence-electron chi connectivity index (χ0n) is 14.1. The van der Waals surface area contributed by atoms with Gasteiger partial charge in [-0.05, 0) is 43.4 Å². The Bertz CT molecular complexity index is 685. The minimum absolute atomic E-state index is 0.127. The van der Waals surface area contributed by atoms with E-state index in [1.807, 2.05) is 18.7 Å². The molecule has 0 spiro atoms. The van der Waals surface area contributed by atoms with Crippen LogP contribution in [0.2, 0.25) is 15.1 Å². The third kappa shape index (κ3) is 5.04. The first-order chi connectivity index (χ1) is 12.0. The summed E-state index contributed by atoms with van der Waals surface area (Å²) < 4.78 is 2.26. The Morgan fingerprint density at radius 2 is 2.04 bits per heavy atom. The Hall–Kier alpha value is -0.0000000000000000555. The van der Waals surface area contributed by atoms with Crippen LogP contribution in [0, 0.1) is 0 Å². The summed E-state index contributed by atoms with van der Waals surface area (Å²) in [6.07, 6.45) is 10.0. The second-order valence-electron chi connectivity index (χ2n) is 6.30. The number of thioether (sulfide) groups is 2. The van der Waals surface area contributed by atoms with E-state index in [0.29, 0.717) is 20.3 Å². The first-order valence-corrected chi connectivity index (χ1v) is 11.4.